The van der Waals surface area contributed by atoms with Crippen molar-refractivity contribution in [2.24, 2.45) is 0 Å². The van der Waals surface area contributed by atoms with E-state index >= 15 is 0 Å². The lowest BCUT2D eigenvalue weighted by Crippen LogP contribution is -2.26. The third-order valence-electron chi connectivity index (χ3n) is 4.20. The number of pyridine rings is 1. The Morgan fingerprint density at radius 3 is 2.78 bits per heavy atom. The van der Waals surface area contributed by atoms with E-state index in [-0.39, 0.29) is 11.7 Å². The van der Waals surface area contributed by atoms with Crippen molar-refractivity contribution in [1.82, 2.24) is 19.9 Å². The zero-order valence-corrected chi connectivity index (χ0v) is 15.2. The second-order valence-electron chi connectivity index (χ2n) is 6.12. The van der Waals surface area contributed by atoms with Crippen molar-refractivity contribution in [3.63, 3.8) is 0 Å². The van der Waals surface area contributed by atoms with E-state index in [2.05, 4.69) is 15.3 Å². The molecule has 0 aliphatic carbocycles. The Morgan fingerprint density at radius 2 is 2.00 bits per heavy atom. The SMILES string of the molecule is O=C(Cc1cccs1)NCc1nc2cccnc2n1Cc1ccc(F)cc1. The maximum atomic E-state index is 13.2. The van der Waals surface area contributed by atoms with Crippen molar-refractivity contribution >= 4 is 28.4 Å². The second kappa shape index (κ2) is 7.67. The maximum Gasteiger partial charge on any atom is 0.225 e. The summed E-state index contributed by atoms with van der Waals surface area (Å²) in [6.07, 6.45) is 2.07. The Bertz CT molecular complexity index is 1060. The molecule has 0 spiro atoms. The van der Waals surface area contributed by atoms with Gasteiger partial charge in [-0.1, -0.05) is 18.2 Å². The Balaban J connectivity index is 1.56. The van der Waals surface area contributed by atoms with Gasteiger partial charge < -0.3 is 9.88 Å². The Hall–Kier alpha value is -3.06. The number of carbonyl (C=O) groups is 1. The van der Waals surface area contributed by atoms with E-state index in [0.29, 0.717) is 25.3 Å². The summed E-state index contributed by atoms with van der Waals surface area (Å²) in [6.45, 7) is 0.811. The lowest BCUT2D eigenvalue weighted by molar-refractivity contribution is -0.120. The van der Waals surface area contributed by atoms with Gasteiger partial charge in [-0.2, -0.15) is 0 Å². The summed E-state index contributed by atoms with van der Waals surface area (Å²) in [5.74, 6) is 0.395. The van der Waals surface area contributed by atoms with Crippen LogP contribution >= 0.6 is 11.3 Å². The van der Waals surface area contributed by atoms with Crippen LogP contribution in [0.2, 0.25) is 0 Å². The van der Waals surface area contributed by atoms with E-state index in [4.69, 9.17) is 0 Å². The fourth-order valence-corrected chi connectivity index (χ4v) is 3.59. The summed E-state index contributed by atoms with van der Waals surface area (Å²) in [5, 5.41) is 4.88. The van der Waals surface area contributed by atoms with Crippen LogP contribution in [0.15, 0.2) is 60.1 Å². The minimum atomic E-state index is -0.270. The number of hydrogen-bond donors (Lipinski definition) is 1. The van der Waals surface area contributed by atoms with Crippen LogP contribution in [-0.2, 0) is 24.3 Å². The second-order valence-corrected chi connectivity index (χ2v) is 7.15. The number of amides is 1. The largest absolute Gasteiger partial charge is 0.349 e. The first-order chi connectivity index (χ1) is 13.2. The third-order valence-corrected chi connectivity index (χ3v) is 5.07. The van der Waals surface area contributed by atoms with Crippen LogP contribution < -0.4 is 5.32 Å². The smallest absolute Gasteiger partial charge is 0.225 e. The van der Waals surface area contributed by atoms with Crippen LogP contribution in [0.3, 0.4) is 0 Å². The molecule has 7 heteroatoms. The van der Waals surface area contributed by atoms with E-state index in [1.807, 2.05) is 34.2 Å². The normalized spacial score (nSPS) is 11.0. The minimum Gasteiger partial charge on any atom is -0.349 e. The van der Waals surface area contributed by atoms with Gasteiger partial charge in [0.1, 0.15) is 17.2 Å². The molecule has 1 aromatic carbocycles. The molecule has 0 saturated heterocycles. The van der Waals surface area contributed by atoms with Crippen molar-refractivity contribution in [2.75, 3.05) is 0 Å². The number of carbonyl (C=O) groups excluding carboxylic acids is 1. The first-order valence-corrected chi connectivity index (χ1v) is 9.40. The summed E-state index contributed by atoms with van der Waals surface area (Å²) in [5.41, 5.74) is 2.44. The van der Waals surface area contributed by atoms with Gasteiger partial charge in [-0.15, -0.1) is 11.3 Å². The highest BCUT2D eigenvalue weighted by molar-refractivity contribution is 7.10. The van der Waals surface area contributed by atoms with Crippen molar-refractivity contribution < 1.29 is 9.18 Å². The van der Waals surface area contributed by atoms with E-state index in [0.717, 1.165) is 21.6 Å². The zero-order chi connectivity index (χ0) is 18.6. The predicted molar refractivity (Wildman–Crippen MR) is 103 cm³/mol. The number of fused-ring (bicyclic) bond motifs is 1. The topological polar surface area (TPSA) is 59.8 Å². The van der Waals surface area contributed by atoms with Crippen LogP contribution in [0.1, 0.15) is 16.3 Å². The molecule has 5 nitrogen and oxygen atoms in total. The molecule has 0 bridgehead atoms. The lowest BCUT2D eigenvalue weighted by Gasteiger charge is -2.10. The number of nitrogens with one attached hydrogen (secondary N) is 1. The first kappa shape index (κ1) is 17.4. The number of nitrogens with zero attached hydrogens (tertiary/aromatic N) is 3. The van der Waals surface area contributed by atoms with Crippen LogP contribution in [0.5, 0.6) is 0 Å². The third kappa shape index (κ3) is 4.03. The van der Waals surface area contributed by atoms with Gasteiger partial charge in [0, 0.05) is 11.1 Å². The average Bonchev–Trinajstić information content (AvgIpc) is 3.30. The number of imidazole rings is 1. The number of rotatable bonds is 6. The predicted octanol–water partition coefficient (Wildman–Crippen LogP) is 3.54. The molecular weight excluding hydrogens is 363 g/mol. The molecule has 4 rings (SSSR count). The van der Waals surface area contributed by atoms with E-state index in [9.17, 15) is 9.18 Å². The molecule has 27 heavy (non-hydrogen) atoms. The van der Waals surface area contributed by atoms with Crippen molar-refractivity contribution in [3.8, 4) is 0 Å². The molecule has 0 aliphatic rings. The molecule has 3 heterocycles. The quantitative estimate of drug-likeness (QED) is 0.557. The molecule has 0 aliphatic heterocycles. The van der Waals surface area contributed by atoms with Gasteiger partial charge in [0.15, 0.2) is 5.65 Å². The molecule has 3 aromatic heterocycles. The van der Waals surface area contributed by atoms with Crippen molar-refractivity contribution in [2.45, 2.75) is 19.5 Å². The van der Waals surface area contributed by atoms with Crippen molar-refractivity contribution in [3.05, 3.63) is 82.2 Å². The minimum absolute atomic E-state index is 0.0502. The molecule has 0 fully saturated rings. The van der Waals surface area contributed by atoms with Gasteiger partial charge in [0.2, 0.25) is 5.91 Å². The Morgan fingerprint density at radius 1 is 1.15 bits per heavy atom. The van der Waals surface area contributed by atoms with E-state index in [1.165, 1.54) is 12.1 Å². The van der Waals surface area contributed by atoms with Gasteiger partial charge in [-0.3, -0.25) is 4.79 Å². The fraction of sp³-hybridized carbons (Fsp3) is 0.150. The number of hydrogen-bond acceptors (Lipinski definition) is 4. The van der Waals surface area contributed by atoms with Crippen LogP contribution in [0.25, 0.3) is 11.2 Å². The molecule has 0 radical (unpaired) electrons. The summed E-state index contributed by atoms with van der Waals surface area (Å²) < 4.78 is 15.1. The van der Waals surface area contributed by atoms with Gasteiger partial charge in [-0.05, 0) is 41.3 Å². The molecular formula is C20H17FN4OS. The molecule has 0 atom stereocenters. The summed E-state index contributed by atoms with van der Waals surface area (Å²) in [4.78, 5) is 22.3. The number of benzene rings is 1. The molecule has 0 unspecified atom stereocenters. The first-order valence-electron chi connectivity index (χ1n) is 8.53. The van der Waals surface area contributed by atoms with Gasteiger partial charge in [-0.25, -0.2) is 14.4 Å². The standard InChI is InChI=1S/C20H17FN4OS/c21-15-7-5-14(6-8-15)13-25-18(24-17-4-1-9-22-20(17)25)12-23-19(26)11-16-3-2-10-27-16/h1-10H,11-13H2,(H,23,26). The molecule has 1 N–H and O–H groups in total. The fourth-order valence-electron chi connectivity index (χ4n) is 2.89. The highest BCUT2D eigenvalue weighted by Gasteiger charge is 2.13. The molecule has 1 amide bonds. The number of aromatic nitrogens is 3. The van der Waals surface area contributed by atoms with Gasteiger partial charge in [0.05, 0.1) is 19.5 Å². The van der Waals surface area contributed by atoms with Gasteiger partial charge >= 0.3 is 0 Å². The van der Waals surface area contributed by atoms with E-state index in [1.54, 1.807) is 29.7 Å². The monoisotopic (exact) mass is 380 g/mol. The van der Waals surface area contributed by atoms with Crippen LogP contribution in [0.4, 0.5) is 4.39 Å². The van der Waals surface area contributed by atoms with E-state index < -0.39 is 0 Å². The summed E-state index contributed by atoms with van der Waals surface area (Å²) in [6, 6.07) is 13.9. The van der Waals surface area contributed by atoms with Crippen molar-refractivity contribution in [1.29, 1.82) is 0 Å². The lowest BCUT2D eigenvalue weighted by atomic mass is 10.2. The number of halogens is 1. The van der Waals surface area contributed by atoms with Gasteiger partial charge in [0.25, 0.3) is 0 Å². The molecule has 136 valence electrons. The summed E-state index contributed by atoms with van der Waals surface area (Å²) >= 11 is 1.56. The molecule has 0 saturated carbocycles. The highest BCUT2D eigenvalue weighted by atomic mass is 32.1. The number of thiophene rings is 1. The summed E-state index contributed by atoms with van der Waals surface area (Å²) in [7, 11) is 0. The Kier molecular flexibility index (Phi) is 4.93. The zero-order valence-electron chi connectivity index (χ0n) is 14.4. The van der Waals surface area contributed by atoms with Crippen LogP contribution in [0, 0.1) is 5.82 Å². The average molecular weight is 380 g/mol. The Labute approximate surface area is 159 Å². The highest BCUT2D eigenvalue weighted by Crippen LogP contribution is 2.16. The van der Waals surface area contributed by atoms with Crippen LogP contribution in [-0.4, -0.2) is 20.4 Å². The molecule has 4 aromatic rings. The maximum absolute atomic E-state index is 13.2.